The third-order valence-electron chi connectivity index (χ3n) is 4.11. The molecule has 2 aromatic carbocycles. The van der Waals surface area contributed by atoms with Gasteiger partial charge in [-0.2, -0.15) is 0 Å². The summed E-state index contributed by atoms with van der Waals surface area (Å²) in [5.41, 5.74) is 4.76. The van der Waals surface area contributed by atoms with Gasteiger partial charge in [-0.05, 0) is 47.7 Å². The predicted molar refractivity (Wildman–Crippen MR) is 88.8 cm³/mol. The number of aryl methyl sites for hydroxylation is 2. The summed E-state index contributed by atoms with van der Waals surface area (Å²) < 4.78 is 0. The quantitative estimate of drug-likeness (QED) is 0.848. The summed E-state index contributed by atoms with van der Waals surface area (Å²) in [5, 5.41) is 11.2. The zero-order chi connectivity index (χ0) is 16.4. The molecule has 2 aromatic rings. The fourth-order valence-electron chi connectivity index (χ4n) is 3.01. The van der Waals surface area contributed by atoms with Crippen molar-refractivity contribution in [2.75, 3.05) is 10.2 Å². The Bertz CT molecular complexity index is 771. The molecule has 0 aromatic heterocycles. The molecular weight excluding hydrogens is 292 g/mol. The third kappa shape index (κ3) is 3.18. The van der Waals surface area contributed by atoms with Gasteiger partial charge < -0.3 is 10.0 Å². The number of carboxylic acid groups (broad SMARTS) is 1. The van der Waals surface area contributed by atoms with Crippen molar-refractivity contribution in [3.63, 3.8) is 0 Å². The van der Waals surface area contributed by atoms with E-state index in [0.717, 1.165) is 35.2 Å². The van der Waals surface area contributed by atoms with Crippen molar-refractivity contribution in [3.8, 4) is 0 Å². The summed E-state index contributed by atoms with van der Waals surface area (Å²) in [4.78, 5) is 24.7. The van der Waals surface area contributed by atoms with Crippen molar-refractivity contribution < 1.29 is 14.7 Å². The second-order valence-corrected chi connectivity index (χ2v) is 5.65. The predicted octanol–water partition coefficient (Wildman–Crippen LogP) is 3.43. The summed E-state index contributed by atoms with van der Waals surface area (Å²) in [6, 6.07) is 13.4. The van der Waals surface area contributed by atoms with Crippen LogP contribution in [0.1, 0.15) is 23.6 Å². The topological polar surface area (TPSA) is 69.6 Å². The molecule has 0 spiro atoms. The highest BCUT2D eigenvalue weighted by Gasteiger charge is 2.20. The van der Waals surface area contributed by atoms with Crippen LogP contribution in [-0.2, 0) is 24.2 Å². The zero-order valence-electron chi connectivity index (χ0n) is 12.9. The minimum Gasteiger partial charge on any atom is -0.465 e. The van der Waals surface area contributed by atoms with Gasteiger partial charge in [-0.3, -0.25) is 10.1 Å². The molecule has 0 saturated heterocycles. The Hall–Kier alpha value is -2.82. The molecular formula is C18H18N2O3. The molecule has 0 unspecified atom stereocenters. The van der Waals surface area contributed by atoms with Crippen molar-refractivity contribution in [1.29, 1.82) is 0 Å². The lowest BCUT2D eigenvalue weighted by Gasteiger charge is -2.28. The average molecular weight is 310 g/mol. The highest BCUT2D eigenvalue weighted by atomic mass is 16.4. The number of anilines is 2. The first-order valence-electron chi connectivity index (χ1n) is 7.52. The van der Waals surface area contributed by atoms with Crippen molar-refractivity contribution in [2.45, 2.75) is 26.3 Å². The van der Waals surface area contributed by atoms with Gasteiger partial charge in [0, 0.05) is 18.3 Å². The monoisotopic (exact) mass is 310 g/mol. The number of rotatable bonds is 1. The molecule has 0 aliphatic carbocycles. The van der Waals surface area contributed by atoms with Gasteiger partial charge in [-0.1, -0.05) is 24.3 Å². The SMILES string of the molecule is CC(=O)N1Cc2ccc(NC(=O)O)cc2CCc2ccccc21. The lowest BCUT2D eigenvalue weighted by atomic mass is 9.95. The molecule has 0 fully saturated rings. The van der Waals surface area contributed by atoms with E-state index in [9.17, 15) is 9.59 Å². The van der Waals surface area contributed by atoms with E-state index < -0.39 is 6.09 Å². The number of carbonyl (C=O) groups is 2. The van der Waals surface area contributed by atoms with Crippen LogP contribution in [0.15, 0.2) is 42.5 Å². The van der Waals surface area contributed by atoms with Crippen LogP contribution in [0.25, 0.3) is 0 Å². The number of nitrogens with one attached hydrogen (secondary N) is 1. The molecule has 0 radical (unpaired) electrons. The van der Waals surface area contributed by atoms with Gasteiger partial charge in [0.05, 0.1) is 6.54 Å². The number of nitrogens with zero attached hydrogens (tertiary/aromatic N) is 1. The molecule has 118 valence electrons. The van der Waals surface area contributed by atoms with Gasteiger partial charge in [0.1, 0.15) is 0 Å². The molecule has 1 aliphatic heterocycles. The lowest BCUT2D eigenvalue weighted by Crippen LogP contribution is -2.30. The molecule has 2 amide bonds. The molecule has 23 heavy (non-hydrogen) atoms. The average Bonchev–Trinajstić information content (AvgIpc) is 2.49. The van der Waals surface area contributed by atoms with Gasteiger partial charge in [-0.25, -0.2) is 4.79 Å². The van der Waals surface area contributed by atoms with E-state index in [1.165, 1.54) is 0 Å². The van der Waals surface area contributed by atoms with Crippen molar-refractivity contribution >= 4 is 23.4 Å². The normalized spacial score (nSPS) is 13.3. The van der Waals surface area contributed by atoms with Crippen molar-refractivity contribution in [2.24, 2.45) is 0 Å². The Morgan fingerprint density at radius 2 is 1.78 bits per heavy atom. The first-order valence-corrected chi connectivity index (χ1v) is 7.52. The first kappa shape index (κ1) is 15.1. The second kappa shape index (κ2) is 6.12. The van der Waals surface area contributed by atoms with Crippen molar-refractivity contribution in [3.05, 3.63) is 59.2 Å². The summed E-state index contributed by atoms with van der Waals surface area (Å²) in [7, 11) is 0. The van der Waals surface area contributed by atoms with E-state index in [-0.39, 0.29) is 5.91 Å². The Kier molecular flexibility index (Phi) is 4.02. The van der Waals surface area contributed by atoms with Crippen LogP contribution in [0.3, 0.4) is 0 Å². The maximum atomic E-state index is 12.1. The maximum Gasteiger partial charge on any atom is 0.409 e. The van der Waals surface area contributed by atoms with Crippen molar-refractivity contribution in [1.82, 2.24) is 0 Å². The van der Waals surface area contributed by atoms with Crippen LogP contribution in [-0.4, -0.2) is 17.1 Å². The highest BCUT2D eigenvalue weighted by Crippen LogP contribution is 2.29. The van der Waals surface area contributed by atoms with Gasteiger partial charge >= 0.3 is 6.09 Å². The molecule has 0 saturated carbocycles. The number of hydrogen-bond donors (Lipinski definition) is 2. The minimum atomic E-state index is -1.08. The number of amides is 2. The second-order valence-electron chi connectivity index (χ2n) is 5.65. The Morgan fingerprint density at radius 3 is 2.52 bits per heavy atom. The van der Waals surface area contributed by atoms with Crippen LogP contribution in [0.2, 0.25) is 0 Å². The largest absolute Gasteiger partial charge is 0.465 e. The molecule has 1 aliphatic rings. The summed E-state index contributed by atoms with van der Waals surface area (Å²) >= 11 is 0. The van der Waals surface area contributed by atoms with E-state index in [1.54, 1.807) is 17.9 Å². The Labute approximate surface area is 134 Å². The molecule has 5 heteroatoms. The fraction of sp³-hybridized carbons (Fsp3) is 0.222. The van der Waals surface area contributed by atoms with Gasteiger partial charge in [0.2, 0.25) is 5.91 Å². The number of fused-ring (bicyclic) bond motifs is 2. The summed E-state index contributed by atoms with van der Waals surface area (Å²) in [5.74, 6) is -0.00182. The van der Waals surface area contributed by atoms with E-state index in [4.69, 9.17) is 5.11 Å². The zero-order valence-corrected chi connectivity index (χ0v) is 12.9. The standard InChI is InChI=1S/C18H18N2O3/c1-12(21)20-11-15-8-9-16(19-18(22)23)10-14(15)7-6-13-4-2-3-5-17(13)20/h2-5,8-10,19H,6-7,11H2,1H3,(H,22,23). The van der Waals surface area contributed by atoms with E-state index >= 15 is 0 Å². The number of carbonyl (C=O) groups excluding carboxylic acids is 1. The third-order valence-corrected chi connectivity index (χ3v) is 4.11. The maximum absolute atomic E-state index is 12.1. The van der Waals surface area contributed by atoms with Gasteiger partial charge in [0.15, 0.2) is 0 Å². The van der Waals surface area contributed by atoms with Crippen LogP contribution in [0.4, 0.5) is 16.2 Å². The van der Waals surface area contributed by atoms with Crippen LogP contribution in [0.5, 0.6) is 0 Å². The molecule has 5 nitrogen and oxygen atoms in total. The van der Waals surface area contributed by atoms with E-state index in [1.807, 2.05) is 36.4 Å². The van der Waals surface area contributed by atoms with E-state index in [0.29, 0.717) is 12.2 Å². The number of hydrogen-bond acceptors (Lipinski definition) is 2. The first-order chi connectivity index (χ1) is 11.0. The molecule has 0 bridgehead atoms. The minimum absolute atomic E-state index is 0.00182. The Morgan fingerprint density at radius 1 is 1.04 bits per heavy atom. The molecule has 2 N–H and O–H groups in total. The highest BCUT2D eigenvalue weighted by molar-refractivity contribution is 5.92. The van der Waals surface area contributed by atoms with Crippen LogP contribution < -0.4 is 10.2 Å². The number of para-hydroxylation sites is 1. The summed E-state index contributed by atoms with van der Waals surface area (Å²) in [6.45, 7) is 2.06. The van der Waals surface area contributed by atoms with E-state index in [2.05, 4.69) is 5.32 Å². The Balaban J connectivity index is 2.01. The van der Waals surface area contributed by atoms with Crippen LogP contribution >= 0.6 is 0 Å². The molecule has 3 rings (SSSR count). The van der Waals surface area contributed by atoms with Crippen LogP contribution in [0, 0.1) is 0 Å². The van der Waals surface area contributed by atoms with Gasteiger partial charge in [0.25, 0.3) is 0 Å². The smallest absolute Gasteiger partial charge is 0.409 e. The molecule has 0 atom stereocenters. The summed E-state index contributed by atoms with van der Waals surface area (Å²) in [6.07, 6.45) is 0.544. The molecule has 1 heterocycles. The van der Waals surface area contributed by atoms with Gasteiger partial charge in [-0.15, -0.1) is 0 Å². The fourth-order valence-corrected chi connectivity index (χ4v) is 3.01. The lowest BCUT2D eigenvalue weighted by molar-refractivity contribution is -0.116. The number of benzene rings is 2.